The Kier molecular flexibility index (Phi) is 10.6. The largest absolute Gasteiger partial charge is 0.511 e. The molecule has 4 rings (SSSR count). The third-order valence-corrected chi connectivity index (χ3v) is 9.00. The molecule has 0 aliphatic carbocycles. The molecule has 228 valence electrons. The van der Waals surface area contributed by atoms with Gasteiger partial charge in [0.1, 0.15) is 17.1 Å². The summed E-state index contributed by atoms with van der Waals surface area (Å²) in [6, 6.07) is -0.845. The summed E-state index contributed by atoms with van der Waals surface area (Å²) in [4.78, 5) is 58.4. The number of likely N-dealkylation sites (N-methyl/N-ethyl adjacent to an activating group) is 1. The number of nitrogens with one attached hydrogen (secondary N) is 1. The smallest absolute Gasteiger partial charge is 0.435 e. The molecule has 1 unspecified atom stereocenters. The van der Waals surface area contributed by atoms with Gasteiger partial charge >= 0.3 is 12.1 Å². The maximum absolute atomic E-state index is 13.4. The summed E-state index contributed by atoms with van der Waals surface area (Å²) in [5.74, 6) is -1.06. The Labute approximate surface area is 253 Å². The fourth-order valence-corrected chi connectivity index (χ4v) is 6.93. The van der Waals surface area contributed by atoms with Crippen LogP contribution in [0.3, 0.4) is 0 Å². The van der Waals surface area contributed by atoms with Crippen molar-refractivity contribution in [1.29, 1.82) is 0 Å². The molecule has 16 nitrogen and oxygen atoms in total. The number of hydrogen-bond acceptors (Lipinski definition) is 16. The summed E-state index contributed by atoms with van der Waals surface area (Å²) in [6.45, 7) is 4.35. The van der Waals surface area contributed by atoms with Gasteiger partial charge in [-0.3, -0.25) is 14.5 Å². The van der Waals surface area contributed by atoms with Crippen LogP contribution in [0.4, 0.5) is 9.93 Å². The maximum Gasteiger partial charge on any atom is 0.511 e. The van der Waals surface area contributed by atoms with E-state index in [4.69, 9.17) is 19.9 Å². The van der Waals surface area contributed by atoms with E-state index >= 15 is 0 Å². The molecule has 3 N–H and O–H groups in total. The van der Waals surface area contributed by atoms with Crippen LogP contribution in [0.2, 0.25) is 0 Å². The van der Waals surface area contributed by atoms with E-state index < -0.39 is 41.6 Å². The Balaban J connectivity index is 1.49. The molecule has 2 aliphatic rings. The fraction of sp³-hybridized carbons (Fsp3) is 0.565. The molecule has 4 heterocycles. The predicted octanol–water partition coefficient (Wildman–Crippen LogP) is 0.325. The van der Waals surface area contributed by atoms with E-state index in [0.717, 1.165) is 6.54 Å². The number of thioether (sulfide) groups is 2. The molecule has 0 saturated carbocycles. The van der Waals surface area contributed by atoms with Crippen LogP contribution in [0.15, 0.2) is 21.8 Å². The molecule has 2 aromatic rings. The second-order valence-corrected chi connectivity index (χ2v) is 12.2. The molecular weight excluding hydrogens is 611 g/mol. The lowest BCUT2D eigenvalue weighted by molar-refractivity contribution is -0.169. The quantitative estimate of drug-likeness (QED) is 0.131. The minimum Gasteiger partial charge on any atom is -0.435 e. The summed E-state index contributed by atoms with van der Waals surface area (Å²) in [6.07, 6.45) is -2.30. The average molecular weight is 642 g/mol. The molecule has 2 aliphatic heterocycles. The van der Waals surface area contributed by atoms with Gasteiger partial charge in [-0.05, 0) is 37.0 Å². The second kappa shape index (κ2) is 14.2. The van der Waals surface area contributed by atoms with E-state index in [1.165, 1.54) is 46.7 Å². The van der Waals surface area contributed by atoms with Crippen LogP contribution in [-0.2, 0) is 41.6 Å². The zero-order valence-electron chi connectivity index (χ0n) is 23.3. The van der Waals surface area contributed by atoms with E-state index in [-0.39, 0.29) is 24.5 Å². The number of anilines is 1. The number of rotatable bonds is 13. The van der Waals surface area contributed by atoms with Crippen LogP contribution in [0.25, 0.3) is 0 Å². The van der Waals surface area contributed by atoms with Crippen molar-refractivity contribution in [1.82, 2.24) is 40.3 Å². The number of amides is 2. The number of ether oxygens (including phenoxy) is 3. The number of esters is 1. The Bertz CT molecular complexity index is 1350. The van der Waals surface area contributed by atoms with E-state index in [2.05, 4.69) is 25.8 Å². The van der Waals surface area contributed by atoms with Gasteiger partial charge in [0.15, 0.2) is 5.13 Å². The number of nitrogen functional groups attached to an aromatic ring is 1. The van der Waals surface area contributed by atoms with Crippen LogP contribution in [0.1, 0.15) is 19.5 Å². The Morgan fingerprint density at radius 2 is 2.10 bits per heavy atom. The number of β-lactam (4-membered cyclic amide) rings is 1. The minimum atomic E-state index is -1.28. The maximum atomic E-state index is 13.4. The normalized spacial score (nSPS) is 18.8. The van der Waals surface area contributed by atoms with Gasteiger partial charge in [0.2, 0.25) is 17.4 Å². The highest BCUT2D eigenvalue weighted by Crippen LogP contribution is 2.42. The molecule has 1 saturated heterocycles. The van der Waals surface area contributed by atoms with Crippen LogP contribution in [-0.4, -0.2) is 115 Å². The van der Waals surface area contributed by atoms with Crippen molar-refractivity contribution in [3.8, 4) is 0 Å². The molecule has 3 atom stereocenters. The lowest BCUT2D eigenvalue weighted by Crippen LogP contribution is -2.70. The van der Waals surface area contributed by atoms with Crippen molar-refractivity contribution in [3.05, 3.63) is 22.3 Å². The molecule has 0 bridgehead atoms. The average Bonchev–Trinajstić information content (AvgIpc) is 3.56. The Hall–Kier alpha value is -3.42. The number of tetrazole rings is 1. The minimum absolute atomic E-state index is 0.0284. The number of carbonyl (C=O) groups is 4. The standard InChI is InChI=1S/C23H31N9O7S3/c1-5-37-23(36)39-12(2)38-20(35)17-13(10-42-22-27-28-29-31(22)7-6-30(3)4)9-40-19-16(18(34)32(17)19)26-15(33)8-14-11-41-21(24)25-14/h11-12,16,19H,5-10H2,1-4H3,(H2,24,25)(H,26,33)/t12?,16-,19+/m1/s1. The first-order valence-corrected chi connectivity index (χ1v) is 15.7. The zero-order chi connectivity index (χ0) is 30.4. The van der Waals surface area contributed by atoms with Gasteiger partial charge in [0.25, 0.3) is 5.91 Å². The van der Waals surface area contributed by atoms with Crippen molar-refractivity contribution in [2.45, 2.75) is 49.7 Å². The zero-order valence-corrected chi connectivity index (χ0v) is 25.8. The Morgan fingerprint density at radius 1 is 1.31 bits per heavy atom. The molecule has 0 radical (unpaired) electrons. The van der Waals surface area contributed by atoms with Crippen molar-refractivity contribution in [2.75, 3.05) is 44.5 Å². The van der Waals surface area contributed by atoms with Gasteiger partial charge < -0.3 is 30.2 Å². The topological polar surface area (TPSA) is 197 Å². The van der Waals surface area contributed by atoms with Crippen molar-refractivity contribution in [2.24, 2.45) is 0 Å². The van der Waals surface area contributed by atoms with Gasteiger partial charge in [0.05, 0.1) is 25.3 Å². The van der Waals surface area contributed by atoms with Crippen LogP contribution >= 0.6 is 34.9 Å². The van der Waals surface area contributed by atoms with Gasteiger partial charge in [-0.25, -0.2) is 19.3 Å². The summed E-state index contributed by atoms with van der Waals surface area (Å²) in [5, 5.41) is 16.6. The molecular formula is C23H31N9O7S3. The fourth-order valence-electron chi connectivity index (χ4n) is 3.98. The Morgan fingerprint density at radius 3 is 2.79 bits per heavy atom. The molecule has 42 heavy (non-hydrogen) atoms. The second-order valence-electron chi connectivity index (χ2n) is 9.31. The number of hydrogen-bond donors (Lipinski definition) is 2. The molecule has 0 aromatic carbocycles. The number of nitrogens with zero attached hydrogens (tertiary/aromatic N) is 7. The summed E-state index contributed by atoms with van der Waals surface area (Å²) < 4.78 is 16.7. The third kappa shape index (κ3) is 7.69. The molecule has 2 aromatic heterocycles. The van der Waals surface area contributed by atoms with E-state index in [9.17, 15) is 19.2 Å². The number of aromatic nitrogens is 5. The first-order chi connectivity index (χ1) is 20.1. The summed E-state index contributed by atoms with van der Waals surface area (Å²) in [5.41, 5.74) is 6.77. The third-order valence-electron chi connectivity index (χ3n) is 5.90. The highest BCUT2D eigenvalue weighted by molar-refractivity contribution is 8.01. The monoisotopic (exact) mass is 641 g/mol. The van der Waals surface area contributed by atoms with Crippen molar-refractivity contribution < 1.29 is 33.4 Å². The van der Waals surface area contributed by atoms with E-state index in [0.29, 0.717) is 33.9 Å². The van der Waals surface area contributed by atoms with Crippen LogP contribution < -0.4 is 11.1 Å². The first-order valence-electron chi connectivity index (χ1n) is 12.8. The summed E-state index contributed by atoms with van der Waals surface area (Å²) in [7, 11) is 3.88. The van der Waals surface area contributed by atoms with Gasteiger partial charge in [-0.15, -0.1) is 28.2 Å². The number of fused-ring (bicyclic) bond motifs is 1. The SMILES string of the molecule is CCOC(=O)OC(C)OC(=O)C1=C(CSc2nnnn2CCN(C)C)CS[C@H]2[C@H](NC(=O)Cc3csc(N)n3)C(=O)N12. The summed E-state index contributed by atoms with van der Waals surface area (Å²) >= 11 is 3.94. The number of nitrogens with two attached hydrogens (primary N) is 1. The van der Waals surface area contributed by atoms with Gasteiger partial charge in [-0.2, -0.15) is 0 Å². The molecule has 1 fully saturated rings. The highest BCUT2D eigenvalue weighted by Gasteiger charge is 2.54. The molecule has 2 amide bonds. The molecule has 19 heteroatoms. The van der Waals surface area contributed by atoms with E-state index in [1.807, 2.05) is 19.0 Å². The van der Waals surface area contributed by atoms with E-state index in [1.54, 1.807) is 17.0 Å². The van der Waals surface area contributed by atoms with Crippen molar-refractivity contribution >= 4 is 63.9 Å². The lowest BCUT2D eigenvalue weighted by Gasteiger charge is -2.49. The van der Waals surface area contributed by atoms with Gasteiger partial charge in [-0.1, -0.05) is 11.8 Å². The van der Waals surface area contributed by atoms with Crippen LogP contribution in [0, 0.1) is 0 Å². The predicted molar refractivity (Wildman–Crippen MR) is 153 cm³/mol. The first kappa shape index (κ1) is 31.5. The highest BCUT2D eigenvalue weighted by atomic mass is 32.2. The molecule has 0 spiro atoms. The van der Waals surface area contributed by atoms with Crippen LogP contribution in [0.5, 0.6) is 0 Å². The lowest BCUT2D eigenvalue weighted by atomic mass is 10.0. The van der Waals surface area contributed by atoms with Gasteiger partial charge in [0, 0.05) is 30.4 Å². The van der Waals surface area contributed by atoms with Crippen molar-refractivity contribution in [3.63, 3.8) is 0 Å². The number of carbonyl (C=O) groups excluding carboxylic acids is 4. The number of thiazole rings is 1.